The van der Waals surface area contributed by atoms with E-state index in [0.29, 0.717) is 6.54 Å². The van der Waals surface area contributed by atoms with Crippen LogP contribution in [0.25, 0.3) is 0 Å². The Kier molecular flexibility index (Phi) is 5.95. The molecule has 0 amide bonds. The molecule has 0 aliphatic heterocycles. The highest BCUT2D eigenvalue weighted by Gasteiger charge is 2.06. The predicted molar refractivity (Wildman–Crippen MR) is 94.4 cm³/mol. The summed E-state index contributed by atoms with van der Waals surface area (Å²) in [6.07, 6.45) is 0. The largest absolute Gasteiger partial charge is 0.357 e. The average Bonchev–Trinajstić information content (AvgIpc) is 2.81. The fraction of sp³-hybridized carbons (Fsp3) is 0.412. The molecule has 0 bridgehead atoms. The van der Waals surface area contributed by atoms with E-state index in [9.17, 15) is 0 Å². The minimum atomic E-state index is 0.683. The van der Waals surface area contributed by atoms with E-state index in [4.69, 9.17) is 0 Å². The maximum Gasteiger partial charge on any atom is 0.191 e. The van der Waals surface area contributed by atoms with Crippen LogP contribution in [-0.4, -0.2) is 17.5 Å². The summed E-state index contributed by atoms with van der Waals surface area (Å²) in [6.45, 7) is 10.6. The topological polar surface area (TPSA) is 49.3 Å². The van der Waals surface area contributed by atoms with Gasteiger partial charge in [-0.05, 0) is 38.8 Å². The molecule has 2 aromatic rings. The van der Waals surface area contributed by atoms with E-state index in [1.165, 1.54) is 16.0 Å². The highest BCUT2D eigenvalue weighted by Crippen LogP contribution is 2.16. The van der Waals surface area contributed by atoms with Crippen molar-refractivity contribution in [3.05, 3.63) is 51.0 Å². The van der Waals surface area contributed by atoms with E-state index in [1.807, 2.05) is 6.92 Å². The minimum absolute atomic E-state index is 0.683. The fourth-order valence-corrected chi connectivity index (χ4v) is 3.07. The van der Waals surface area contributed by atoms with E-state index >= 15 is 0 Å². The Morgan fingerprint density at radius 1 is 1.18 bits per heavy atom. The Labute approximate surface area is 136 Å². The first-order chi connectivity index (χ1) is 10.6. The van der Waals surface area contributed by atoms with Gasteiger partial charge in [-0.2, -0.15) is 0 Å². The summed E-state index contributed by atoms with van der Waals surface area (Å²) in [7, 11) is 0. The lowest BCUT2D eigenvalue weighted by Gasteiger charge is -2.11. The van der Waals surface area contributed by atoms with Crippen molar-refractivity contribution in [2.24, 2.45) is 4.99 Å². The Bertz CT molecular complexity index is 646. The summed E-state index contributed by atoms with van der Waals surface area (Å²) < 4.78 is 0. The molecule has 0 unspecified atom stereocenters. The smallest absolute Gasteiger partial charge is 0.191 e. The summed E-state index contributed by atoms with van der Waals surface area (Å²) in [5.41, 5.74) is 3.63. The van der Waals surface area contributed by atoms with Crippen molar-refractivity contribution in [1.82, 2.24) is 15.6 Å². The van der Waals surface area contributed by atoms with Gasteiger partial charge in [-0.1, -0.05) is 24.3 Å². The Balaban J connectivity index is 2.01. The molecule has 0 radical (unpaired) electrons. The summed E-state index contributed by atoms with van der Waals surface area (Å²) in [6, 6.07) is 8.36. The highest BCUT2D eigenvalue weighted by molar-refractivity contribution is 7.11. The zero-order valence-corrected chi connectivity index (χ0v) is 14.5. The molecule has 22 heavy (non-hydrogen) atoms. The number of hydrogen-bond acceptors (Lipinski definition) is 3. The standard InChI is InChI=1S/C17H24N4S/c1-5-18-17(19-10-15-9-7-6-8-12(15)2)20-11-16-13(3)21-14(4)22-16/h6-9H,5,10-11H2,1-4H3,(H2,18,19,20). The Morgan fingerprint density at radius 2 is 1.95 bits per heavy atom. The SMILES string of the molecule is CCNC(=NCc1ccccc1C)NCc1sc(C)nc1C. The number of hydrogen-bond donors (Lipinski definition) is 2. The number of aliphatic imine (C=N–C) groups is 1. The second-order valence-electron chi connectivity index (χ2n) is 5.22. The van der Waals surface area contributed by atoms with Gasteiger partial charge in [0.1, 0.15) is 0 Å². The molecule has 1 aromatic heterocycles. The van der Waals surface area contributed by atoms with Crippen molar-refractivity contribution >= 4 is 17.3 Å². The van der Waals surface area contributed by atoms with Crippen LogP contribution in [0.3, 0.4) is 0 Å². The number of aromatic nitrogens is 1. The molecule has 0 saturated heterocycles. The number of guanidine groups is 1. The average molecular weight is 316 g/mol. The van der Waals surface area contributed by atoms with Gasteiger partial charge >= 0.3 is 0 Å². The maximum atomic E-state index is 4.67. The molecule has 0 atom stereocenters. The van der Waals surface area contributed by atoms with Crippen LogP contribution in [0.4, 0.5) is 0 Å². The normalized spacial score (nSPS) is 11.5. The third kappa shape index (κ3) is 4.56. The first kappa shape index (κ1) is 16.5. The molecule has 4 nitrogen and oxygen atoms in total. The van der Waals surface area contributed by atoms with Crippen molar-refractivity contribution in [1.29, 1.82) is 0 Å². The third-order valence-corrected chi connectivity index (χ3v) is 4.50. The van der Waals surface area contributed by atoms with Gasteiger partial charge in [0.2, 0.25) is 0 Å². The number of nitrogens with one attached hydrogen (secondary N) is 2. The van der Waals surface area contributed by atoms with E-state index in [2.05, 4.69) is 65.6 Å². The Hall–Kier alpha value is -1.88. The van der Waals surface area contributed by atoms with Crippen LogP contribution in [0.15, 0.2) is 29.3 Å². The number of benzene rings is 1. The zero-order valence-electron chi connectivity index (χ0n) is 13.7. The summed E-state index contributed by atoms with van der Waals surface area (Å²) in [5, 5.41) is 7.79. The van der Waals surface area contributed by atoms with Crippen LogP contribution in [0.5, 0.6) is 0 Å². The Morgan fingerprint density at radius 3 is 2.59 bits per heavy atom. The maximum absolute atomic E-state index is 4.67. The van der Waals surface area contributed by atoms with Crippen molar-refractivity contribution in [3.8, 4) is 0 Å². The second-order valence-corrected chi connectivity index (χ2v) is 6.50. The molecule has 2 rings (SSSR count). The van der Waals surface area contributed by atoms with Gasteiger partial charge in [-0.3, -0.25) is 0 Å². The molecule has 0 aliphatic carbocycles. The predicted octanol–water partition coefficient (Wildman–Crippen LogP) is 3.32. The monoisotopic (exact) mass is 316 g/mol. The molecule has 0 spiro atoms. The summed E-state index contributed by atoms with van der Waals surface area (Å²) in [5.74, 6) is 0.844. The minimum Gasteiger partial charge on any atom is -0.357 e. The summed E-state index contributed by atoms with van der Waals surface area (Å²) in [4.78, 5) is 10.4. The third-order valence-electron chi connectivity index (χ3n) is 3.43. The van der Waals surface area contributed by atoms with Crippen molar-refractivity contribution < 1.29 is 0 Å². The van der Waals surface area contributed by atoms with Gasteiger partial charge in [0.25, 0.3) is 0 Å². The van der Waals surface area contributed by atoms with E-state index in [-0.39, 0.29) is 0 Å². The quantitative estimate of drug-likeness (QED) is 0.657. The lowest BCUT2D eigenvalue weighted by atomic mass is 10.1. The van der Waals surface area contributed by atoms with Crippen molar-refractivity contribution in [2.75, 3.05) is 6.54 Å². The van der Waals surface area contributed by atoms with Gasteiger partial charge in [-0.25, -0.2) is 9.98 Å². The summed E-state index contributed by atoms with van der Waals surface area (Å²) >= 11 is 1.73. The van der Waals surface area contributed by atoms with Gasteiger partial charge in [-0.15, -0.1) is 11.3 Å². The first-order valence-corrected chi connectivity index (χ1v) is 8.41. The van der Waals surface area contributed by atoms with Crippen LogP contribution >= 0.6 is 11.3 Å². The molecular weight excluding hydrogens is 292 g/mol. The van der Waals surface area contributed by atoms with Gasteiger partial charge < -0.3 is 10.6 Å². The van der Waals surface area contributed by atoms with E-state index in [1.54, 1.807) is 11.3 Å². The number of rotatable bonds is 5. The van der Waals surface area contributed by atoms with Crippen LogP contribution in [-0.2, 0) is 13.1 Å². The zero-order chi connectivity index (χ0) is 15.9. The van der Waals surface area contributed by atoms with Crippen molar-refractivity contribution in [2.45, 2.75) is 40.8 Å². The highest BCUT2D eigenvalue weighted by atomic mass is 32.1. The van der Waals surface area contributed by atoms with Crippen molar-refractivity contribution in [3.63, 3.8) is 0 Å². The van der Waals surface area contributed by atoms with Gasteiger partial charge in [0.15, 0.2) is 5.96 Å². The fourth-order valence-electron chi connectivity index (χ4n) is 2.19. The van der Waals surface area contributed by atoms with Gasteiger partial charge in [0, 0.05) is 11.4 Å². The molecule has 0 saturated carbocycles. The van der Waals surface area contributed by atoms with Gasteiger partial charge in [0.05, 0.1) is 23.8 Å². The number of aryl methyl sites for hydroxylation is 3. The number of thiazole rings is 1. The van der Waals surface area contributed by atoms with Crippen LogP contribution in [0.1, 0.15) is 33.6 Å². The molecule has 5 heteroatoms. The van der Waals surface area contributed by atoms with Crippen LogP contribution in [0.2, 0.25) is 0 Å². The molecule has 0 aliphatic rings. The van der Waals surface area contributed by atoms with Crippen LogP contribution in [0, 0.1) is 20.8 Å². The molecular formula is C17H24N4S. The molecule has 1 heterocycles. The lowest BCUT2D eigenvalue weighted by Crippen LogP contribution is -2.36. The molecule has 2 N–H and O–H groups in total. The second kappa shape index (κ2) is 7.94. The first-order valence-electron chi connectivity index (χ1n) is 7.59. The lowest BCUT2D eigenvalue weighted by molar-refractivity contribution is 0.818. The number of nitrogens with zero attached hydrogens (tertiary/aromatic N) is 2. The molecule has 0 fully saturated rings. The molecule has 1 aromatic carbocycles. The van der Waals surface area contributed by atoms with E-state index in [0.717, 1.165) is 29.8 Å². The van der Waals surface area contributed by atoms with Crippen LogP contribution < -0.4 is 10.6 Å². The van der Waals surface area contributed by atoms with E-state index < -0.39 is 0 Å². The molecule has 118 valence electrons.